The van der Waals surface area contributed by atoms with Crippen LogP contribution in [0.25, 0.3) is 0 Å². The maximum absolute atomic E-state index is 8.17. The zero-order chi connectivity index (χ0) is 9.11. The second-order valence-electron chi connectivity index (χ2n) is 2.10. The van der Waals surface area contributed by atoms with Gasteiger partial charge in [0.25, 0.3) is 0 Å². The molecule has 5 heteroatoms. The van der Waals surface area contributed by atoms with Gasteiger partial charge in [0, 0.05) is 6.61 Å². The predicted octanol–water partition coefficient (Wildman–Crippen LogP) is -1.71. The van der Waals surface area contributed by atoms with Gasteiger partial charge in [-0.2, -0.15) is 0 Å². The van der Waals surface area contributed by atoms with E-state index >= 15 is 0 Å². The molecule has 0 aliphatic rings. The van der Waals surface area contributed by atoms with E-state index in [9.17, 15) is 0 Å². The van der Waals surface area contributed by atoms with E-state index < -0.39 is 6.10 Å². The van der Waals surface area contributed by atoms with E-state index in [0.717, 1.165) is 12.8 Å². The Morgan fingerprint density at radius 1 is 1.08 bits per heavy atom. The second-order valence-corrected chi connectivity index (χ2v) is 2.10. The van der Waals surface area contributed by atoms with Gasteiger partial charge in [-0.25, -0.2) is 0 Å². The van der Waals surface area contributed by atoms with Gasteiger partial charge in [-0.1, -0.05) is 13.3 Å². The molecular weight excluding hydrogens is 164 g/mol. The fraction of sp³-hybridized carbons (Fsp3) is 1.00. The highest BCUT2D eigenvalue weighted by molar-refractivity contribution is 4.43. The molecule has 0 saturated heterocycles. The summed E-state index contributed by atoms with van der Waals surface area (Å²) in [5.74, 6) is 0. The average molecular weight is 184 g/mol. The van der Waals surface area contributed by atoms with E-state index in [1.54, 1.807) is 0 Å². The first kappa shape index (κ1) is 17.8. The van der Waals surface area contributed by atoms with E-state index in [0.29, 0.717) is 6.61 Å². The van der Waals surface area contributed by atoms with Crippen LogP contribution in [0.15, 0.2) is 0 Å². The summed E-state index contributed by atoms with van der Waals surface area (Å²) in [5, 5.41) is 32.1. The maximum atomic E-state index is 8.17. The van der Waals surface area contributed by atoms with E-state index in [1.807, 2.05) is 0 Å². The smallest absolute Gasteiger partial charge is 0.100 e. The van der Waals surface area contributed by atoms with Crippen molar-refractivity contribution >= 4 is 0 Å². The first-order valence-electron chi connectivity index (χ1n) is 3.73. The Bertz CT molecular complexity index is 53.8. The minimum atomic E-state index is -0.954. The number of rotatable bonds is 4. The van der Waals surface area contributed by atoms with Crippen molar-refractivity contribution in [2.24, 2.45) is 0 Å². The van der Waals surface area contributed by atoms with Gasteiger partial charge < -0.3 is 25.9 Å². The lowest BCUT2D eigenvalue weighted by atomic mass is 10.4. The summed E-state index contributed by atoms with van der Waals surface area (Å²) in [5.41, 5.74) is 0. The number of aliphatic hydroxyl groups excluding tert-OH is 4. The minimum Gasteiger partial charge on any atom is -0.412 e. The van der Waals surface area contributed by atoms with Crippen LogP contribution in [0, 0.1) is 0 Å². The van der Waals surface area contributed by atoms with Crippen LogP contribution in [0.2, 0.25) is 0 Å². The number of hydrogen-bond donors (Lipinski definition) is 4. The quantitative estimate of drug-likeness (QED) is 0.416. The number of unbranched alkanes of at least 4 members (excludes halogenated alkanes) is 1. The third-order valence-electron chi connectivity index (χ3n) is 0.933. The molecule has 5 nitrogen and oxygen atoms in total. The first-order chi connectivity index (χ1) is 5.22. The van der Waals surface area contributed by atoms with Crippen LogP contribution < -0.4 is 0 Å². The van der Waals surface area contributed by atoms with E-state index in [1.165, 1.54) is 0 Å². The molecule has 0 spiro atoms. The van der Waals surface area contributed by atoms with Gasteiger partial charge in [0.15, 0.2) is 0 Å². The van der Waals surface area contributed by atoms with Crippen LogP contribution in [-0.4, -0.2) is 51.8 Å². The zero-order valence-electron chi connectivity index (χ0n) is 7.40. The molecule has 0 amide bonds. The summed E-state index contributed by atoms with van der Waals surface area (Å²) >= 11 is 0. The third kappa shape index (κ3) is 22.6. The highest BCUT2D eigenvalue weighted by Crippen LogP contribution is 1.78. The number of aliphatic hydroxyl groups is 4. The molecule has 0 aromatic heterocycles. The fourth-order valence-electron chi connectivity index (χ4n) is 0.216. The van der Waals surface area contributed by atoms with Gasteiger partial charge in [-0.3, -0.25) is 0 Å². The maximum Gasteiger partial charge on any atom is 0.100 e. The fourth-order valence-corrected chi connectivity index (χ4v) is 0.216. The van der Waals surface area contributed by atoms with Crippen molar-refractivity contribution in [1.29, 1.82) is 0 Å². The Kier molecular flexibility index (Phi) is 25.3. The predicted molar refractivity (Wildman–Crippen MR) is 45.8 cm³/mol. The normalized spacial score (nSPS) is 8.50. The van der Waals surface area contributed by atoms with Crippen LogP contribution in [0.5, 0.6) is 0 Å². The summed E-state index contributed by atoms with van der Waals surface area (Å²) in [6, 6.07) is 0. The summed E-state index contributed by atoms with van der Waals surface area (Å²) in [6.45, 7) is 1.67. The Morgan fingerprint density at radius 2 is 1.50 bits per heavy atom. The molecule has 0 aliphatic carbocycles. The van der Waals surface area contributed by atoms with Gasteiger partial charge in [-0.15, -0.1) is 0 Å². The van der Waals surface area contributed by atoms with Crippen LogP contribution in [0.4, 0.5) is 0 Å². The topological polar surface area (TPSA) is 112 Å². The van der Waals surface area contributed by atoms with Crippen LogP contribution in [0.1, 0.15) is 19.8 Å². The first-order valence-corrected chi connectivity index (χ1v) is 3.73. The van der Waals surface area contributed by atoms with Crippen LogP contribution in [-0.2, 0) is 0 Å². The van der Waals surface area contributed by atoms with Gasteiger partial charge in [0.1, 0.15) is 6.10 Å². The summed E-state index contributed by atoms with van der Waals surface area (Å²) in [7, 11) is 0. The SMILES string of the molecule is CCCCO.O.OCC(O)CO. The van der Waals surface area contributed by atoms with E-state index in [4.69, 9.17) is 20.4 Å². The highest BCUT2D eigenvalue weighted by Gasteiger charge is 1.93. The molecule has 0 unspecified atom stereocenters. The van der Waals surface area contributed by atoms with Crippen molar-refractivity contribution in [3.63, 3.8) is 0 Å². The lowest BCUT2D eigenvalue weighted by Gasteiger charge is -1.96. The molecule has 12 heavy (non-hydrogen) atoms. The van der Waals surface area contributed by atoms with Crippen molar-refractivity contribution in [2.75, 3.05) is 19.8 Å². The molecule has 0 radical (unpaired) electrons. The molecule has 0 aliphatic heterocycles. The molecule has 0 rings (SSSR count). The van der Waals surface area contributed by atoms with Gasteiger partial charge in [-0.05, 0) is 6.42 Å². The molecule has 0 saturated carbocycles. The van der Waals surface area contributed by atoms with Crippen molar-refractivity contribution < 1.29 is 25.9 Å². The largest absolute Gasteiger partial charge is 0.412 e. The number of hydrogen-bond acceptors (Lipinski definition) is 4. The van der Waals surface area contributed by atoms with Gasteiger partial charge in [0.2, 0.25) is 0 Å². The van der Waals surface area contributed by atoms with E-state index in [2.05, 4.69) is 6.92 Å². The monoisotopic (exact) mass is 184 g/mol. The third-order valence-corrected chi connectivity index (χ3v) is 0.933. The summed E-state index contributed by atoms with van der Waals surface area (Å²) < 4.78 is 0. The average Bonchev–Trinajstić information content (AvgIpc) is 2.06. The van der Waals surface area contributed by atoms with Crippen LogP contribution >= 0.6 is 0 Å². The van der Waals surface area contributed by atoms with Crippen molar-refractivity contribution in [1.82, 2.24) is 0 Å². The molecule has 78 valence electrons. The molecule has 0 heterocycles. The van der Waals surface area contributed by atoms with Crippen molar-refractivity contribution in [2.45, 2.75) is 25.9 Å². The van der Waals surface area contributed by atoms with Crippen molar-refractivity contribution in [3.05, 3.63) is 0 Å². The molecule has 0 atom stereocenters. The molecular formula is C7H20O5. The lowest BCUT2D eigenvalue weighted by molar-refractivity contribution is 0.0450. The van der Waals surface area contributed by atoms with Gasteiger partial charge in [0.05, 0.1) is 13.2 Å². The van der Waals surface area contributed by atoms with Crippen LogP contribution in [0.3, 0.4) is 0 Å². The summed E-state index contributed by atoms with van der Waals surface area (Å²) in [6.07, 6.45) is 1.08. The second kappa shape index (κ2) is 17.0. The Hall–Kier alpha value is -0.200. The lowest BCUT2D eigenvalue weighted by Crippen LogP contribution is -2.15. The highest BCUT2D eigenvalue weighted by atomic mass is 16.3. The molecule has 0 fully saturated rings. The Balaban J connectivity index is -0.000000126. The van der Waals surface area contributed by atoms with Gasteiger partial charge >= 0.3 is 0 Å². The zero-order valence-corrected chi connectivity index (χ0v) is 7.40. The standard InChI is InChI=1S/C4H10O.C3H8O3.H2O/c1-2-3-4-5;4-1-3(6)2-5;/h5H,2-4H2,1H3;3-6H,1-2H2;1H2. The summed E-state index contributed by atoms with van der Waals surface area (Å²) in [4.78, 5) is 0. The molecule has 0 bridgehead atoms. The molecule has 0 aromatic rings. The molecule has 6 N–H and O–H groups in total. The minimum absolute atomic E-state index is 0. The van der Waals surface area contributed by atoms with E-state index in [-0.39, 0.29) is 18.7 Å². The Morgan fingerprint density at radius 3 is 1.50 bits per heavy atom. The Labute approximate surface area is 72.6 Å². The molecule has 0 aromatic carbocycles. The van der Waals surface area contributed by atoms with Crippen molar-refractivity contribution in [3.8, 4) is 0 Å².